The summed E-state index contributed by atoms with van der Waals surface area (Å²) in [5, 5.41) is 3.98. The van der Waals surface area contributed by atoms with Crippen LogP contribution in [0.25, 0.3) is 10.9 Å². The molecule has 0 bridgehead atoms. The van der Waals surface area contributed by atoms with Gasteiger partial charge in [-0.1, -0.05) is 30.3 Å². The molecule has 1 aromatic heterocycles. The van der Waals surface area contributed by atoms with Gasteiger partial charge in [-0.3, -0.25) is 4.79 Å². The van der Waals surface area contributed by atoms with E-state index < -0.39 is 11.7 Å². The first-order chi connectivity index (χ1) is 16.1. The summed E-state index contributed by atoms with van der Waals surface area (Å²) in [5.74, 6) is 0.277. The first kappa shape index (κ1) is 22.2. The fourth-order valence-corrected chi connectivity index (χ4v) is 4.10. The zero-order chi connectivity index (χ0) is 23.4. The molecule has 4 rings (SSSR count). The van der Waals surface area contributed by atoms with Crippen LogP contribution in [0.15, 0.2) is 66.9 Å². The number of methoxy groups -OCH3 is 3. The highest BCUT2D eigenvalue weighted by Gasteiger charge is 2.25. The largest absolute Gasteiger partial charge is 0.496 e. The van der Waals surface area contributed by atoms with E-state index in [-0.39, 0.29) is 18.0 Å². The highest BCUT2D eigenvalue weighted by molar-refractivity contribution is 5.97. The van der Waals surface area contributed by atoms with Crippen LogP contribution in [0.4, 0.5) is 4.39 Å². The first-order valence-electron chi connectivity index (χ1n) is 10.5. The van der Waals surface area contributed by atoms with Crippen LogP contribution in [0.2, 0.25) is 0 Å². The minimum absolute atomic E-state index is 0.132. The third kappa shape index (κ3) is 4.35. The second-order valence-electron chi connectivity index (χ2n) is 7.48. The molecule has 0 saturated heterocycles. The lowest BCUT2D eigenvalue weighted by atomic mass is 9.89. The van der Waals surface area contributed by atoms with Gasteiger partial charge in [-0.25, -0.2) is 4.39 Å². The molecule has 170 valence electrons. The van der Waals surface area contributed by atoms with Gasteiger partial charge in [0.05, 0.1) is 26.9 Å². The van der Waals surface area contributed by atoms with E-state index >= 15 is 0 Å². The van der Waals surface area contributed by atoms with E-state index in [1.165, 1.54) is 25.3 Å². The third-order valence-corrected chi connectivity index (χ3v) is 5.68. The number of para-hydroxylation sites is 2. The smallest absolute Gasteiger partial charge is 0.255 e. The minimum atomic E-state index is -0.511. The van der Waals surface area contributed by atoms with Gasteiger partial charge in [-0.15, -0.1) is 0 Å². The molecule has 33 heavy (non-hydrogen) atoms. The number of rotatable bonds is 8. The van der Waals surface area contributed by atoms with Crippen LogP contribution in [0.5, 0.6) is 17.2 Å². The molecule has 0 spiro atoms. The van der Waals surface area contributed by atoms with Crippen molar-refractivity contribution in [3.05, 3.63) is 89.4 Å². The van der Waals surface area contributed by atoms with Gasteiger partial charge in [0.2, 0.25) is 0 Å². The van der Waals surface area contributed by atoms with Crippen LogP contribution < -0.4 is 19.5 Å². The molecular weight excluding hydrogens is 423 g/mol. The van der Waals surface area contributed by atoms with Crippen LogP contribution in [0.3, 0.4) is 0 Å². The molecule has 0 aliphatic carbocycles. The predicted molar refractivity (Wildman–Crippen MR) is 125 cm³/mol. The summed E-state index contributed by atoms with van der Waals surface area (Å²) in [5.41, 5.74) is 2.96. The Bertz CT molecular complexity index is 1280. The molecule has 0 saturated carbocycles. The van der Waals surface area contributed by atoms with Crippen LogP contribution in [0.1, 0.15) is 27.4 Å². The SMILES string of the molecule is COc1ccc(F)cc1C(=O)NCC(c1cccc(OC)c1OC)c1c[nH]c2ccccc12. The Morgan fingerprint density at radius 3 is 2.48 bits per heavy atom. The van der Waals surface area contributed by atoms with Crippen molar-refractivity contribution in [2.45, 2.75) is 5.92 Å². The number of fused-ring (bicyclic) bond motifs is 1. The highest BCUT2D eigenvalue weighted by Crippen LogP contribution is 2.40. The molecule has 1 unspecified atom stereocenters. The average Bonchev–Trinajstić information content (AvgIpc) is 3.27. The number of nitrogens with one attached hydrogen (secondary N) is 2. The van der Waals surface area contributed by atoms with E-state index in [0.29, 0.717) is 17.2 Å². The molecule has 2 N–H and O–H groups in total. The molecule has 7 heteroatoms. The number of halogens is 1. The van der Waals surface area contributed by atoms with Crippen molar-refractivity contribution in [2.75, 3.05) is 27.9 Å². The average molecular weight is 448 g/mol. The Labute approximate surface area is 191 Å². The number of carbonyl (C=O) groups is 1. The van der Waals surface area contributed by atoms with E-state index in [2.05, 4.69) is 10.3 Å². The van der Waals surface area contributed by atoms with E-state index in [1.807, 2.05) is 48.7 Å². The summed E-state index contributed by atoms with van der Waals surface area (Å²) in [4.78, 5) is 16.3. The van der Waals surface area contributed by atoms with Crippen molar-refractivity contribution in [2.24, 2.45) is 0 Å². The lowest BCUT2D eigenvalue weighted by Crippen LogP contribution is -2.29. The van der Waals surface area contributed by atoms with Crippen molar-refractivity contribution in [1.29, 1.82) is 0 Å². The number of amides is 1. The Kier molecular flexibility index (Phi) is 6.49. The summed E-state index contributed by atoms with van der Waals surface area (Å²) in [6.07, 6.45) is 1.93. The molecule has 0 fully saturated rings. The molecule has 0 aliphatic rings. The number of benzene rings is 3. The molecule has 3 aromatic carbocycles. The van der Waals surface area contributed by atoms with Crippen molar-refractivity contribution in [3.63, 3.8) is 0 Å². The Morgan fingerprint density at radius 1 is 0.939 bits per heavy atom. The van der Waals surface area contributed by atoms with Gasteiger partial charge in [0.25, 0.3) is 5.91 Å². The molecule has 6 nitrogen and oxygen atoms in total. The highest BCUT2D eigenvalue weighted by atomic mass is 19.1. The molecule has 1 heterocycles. The standard InChI is InChI=1S/C26H25FN2O4/c1-31-23-12-11-16(27)13-19(23)26(30)29-15-21(18-8-6-10-24(32-2)25(18)33-3)20-14-28-22-9-5-4-7-17(20)22/h4-14,21,28H,15H2,1-3H3,(H,29,30). The molecular formula is C26H25FN2O4. The fraction of sp³-hybridized carbons (Fsp3) is 0.192. The summed E-state index contributed by atoms with van der Waals surface area (Å²) < 4.78 is 30.2. The number of H-pyrrole nitrogens is 1. The van der Waals surface area contributed by atoms with Crippen LogP contribution in [0, 0.1) is 5.82 Å². The molecule has 4 aromatic rings. The normalized spacial score (nSPS) is 11.8. The van der Waals surface area contributed by atoms with Gasteiger partial charge < -0.3 is 24.5 Å². The third-order valence-electron chi connectivity index (χ3n) is 5.68. The number of ether oxygens (including phenoxy) is 3. The molecule has 0 aliphatic heterocycles. The molecule has 1 amide bonds. The van der Waals surface area contributed by atoms with Crippen molar-refractivity contribution < 1.29 is 23.4 Å². The molecule has 1 atom stereocenters. The van der Waals surface area contributed by atoms with Gasteiger partial charge in [0, 0.05) is 35.1 Å². The summed E-state index contributed by atoms with van der Waals surface area (Å²) in [6.45, 7) is 0.240. The maximum absolute atomic E-state index is 13.8. The summed E-state index contributed by atoms with van der Waals surface area (Å²) in [6, 6.07) is 17.5. The van der Waals surface area contributed by atoms with E-state index in [1.54, 1.807) is 14.2 Å². The lowest BCUT2D eigenvalue weighted by Gasteiger charge is -2.22. The van der Waals surface area contributed by atoms with Crippen LogP contribution in [-0.4, -0.2) is 38.8 Å². The number of carbonyl (C=O) groups excluding carboxylic acids is 1. The number of hydrogen-bond donors (Lipinski definition) is 2. The zero-order valence-corrected chi connectivity index (χ0v) is 18.6. The van der Waals surface area contributed by atoms with Crippen LogP contribution >= 0.6 is 0 Å². The quantitative estimate of drug-likeness (QED) is 0.402. The fourth-order valence-electron chi connectivity index (χ4n) is 4.10. The van der Waals surface area contributed by atoms with Gasteiger partial charge in [0.15, 0.2) is 11.5 Å². The van der Waals surface area contributed by atoms with E-state index in [9.17, 15) is 9.18 Å². The summed E-state index contributed by atoms with van der Waals surface area (Å²) in [7, 11) is 4.62. The Morgan fingerprint density at radius 2 is 1.73 bits per heavy atom. The van der Waals surface area contributed by atoms with E-state index in [0.717, 1.165) is 22.0 Å². The predicted octanol–water partition coefficient (Wildman–Crippen LogP) is 4.89. The van der Waals surface area contributed by atoms with E-state index in [4.69, 9.17) is 14.2 Å². The number of aromatic amines is 1. The number of hydrogen-bond acceptors (Lipinski definition) is 4. The van der Waals surface area contributed by atoms with Gasteiger partial charge in [-0.05, 0) is 35.9 Å². The topological polar surface area (TPSA) is 72.6 Å². The molecule has 0 radical (unpaired) electrons. The van der Waals surface area contributed by atoms with Crippen LogP contribution in [-0.2, 0) is 0 Å². The number of aromatic nitrogens is 1. The van der Waals surface area contributed by atoms with Gasteiger partial charge in [-0.2, -0.15) is 0 Å². The first-order valence-corrected chi connectivity index (χ1v) is 10.5. The lowest BCUT2D eigenvalue weighted by molar-refractivity contribution is 0.0949. The Balaban J connectivity index is 1.75. The monoisotopic (exact) mass is 448 g/mol. The second kappa shape index (κ2) is 9.65. The summed E-state index contributed by atoms with van der Waals surface area (Å²) >= 11 is 0. The van der Waals surface area contributed by atoms with Crippen molar-refractivity contribution in [3.8, 4) is 17.2 Å². The van der Waals surface area contributed by atoms with Crippen molar-refractivity contribution >= 4 is 16.8 Å². The maximum Gasteiger partial charge on any atom is 0.255 e. The van der Waals surface area contributed by atoms with Crippen molar-refractivity contribution in [1.82, 2.24) is 10.3 Å². The Hall–Kier alpha value is -4.00. The maximum atomic E-state index is 13.8. The van der Waals surface area contributed by atoms with Gasteiger partial charge >= 0.3 is 0 Å². The second-order valence-corrected chi connectivity index (χ2v) is 7.48. The van der Waals surface area contributed by atoms with Gasteiger partial charge in [0.1, 0.15) is 11.6 Å². The minimum Gasteiger partial charge on any atom is -0.496 e. The zero-order valence-electron chi connectivity index (χ0n) is 18.6.